The number of aliphatic imine (C=N–C) groups is 2. The van der Waals surface area contributed by atoms with Crippen LogP contribution >= 0.6 is 0 Å². The predicted octanol–water partition coefficient (Wildman–Crippen LogP) is 4.24. The van der Waals surface area contributed by atoms with Crippen molar-refractivity contribution in [2.24, 2.45) is 9.98 Å². The summed E-state index contributed by atoms with van der Waals surface area (Å²) in [5.74, 6) is 0. The van der Waals surface area contributed by atoms with Crippen molar-refractivity contribution in [2.45, 2.75) is 117 Å². The van der Waals surface area contributed by atoms with Crippen LogP contribution in [-0.2, 0) is 0 Å². The highest BCUT2D eigenvalue weighted by Crippen LogP contribution is 2.12. The molecule has 0 aromatic carbocycles. The summed E-state index contributed by atoms with van der Waals surface area (Å²) in [6.45, 7) is 25.8. The highest BCUT2D eigenvalue weighted by atomic mass is 15.1. The Morgan fingerprint density at radius 2 is 0.792 bits per heavy atom. The first kappa shape index (κ1) is 23.3. The Balaban J connectivity index is 5.68. The van der Waals surface area contributed by atoms with Crippen LogP contribution in [0.3, 0.4) is 0 Å². The minimum absolute atomic E-state index is 0.0119. The highest BCUT2D eigenvalue weighted by molar-refractivity contribution is 5.77. The van der Waals surface area contributed by atoms with E-state index in [1.165, 1.54) is 0 Å². The molecule has 142 valence electrons. The molecule has 0 aliphatic rings. The van der Waals surface area contributed by atoms with E-state index in [0.29, 0.717) is 0 Å². The lowest BCUT2D eigenvalue weighted by molar-refractivity contribution is 0.333. The average molecular weight is 339 g/mol. The van der Waals surface area contributed by atoms with Gasteiger partial charge in [0.05, 0.1) is 23.2 Å². The van der Waals surface area contributed by atoms with E-state index in [4.69, 9.17) is 9.98 Å². The van der Waals surface area contributed by atoms with Crippen LogP contribution in [0.25, 0.3) is 0 Å². The quantitative estimate of drug-likeness (QED) is 0.737. The van der Waals surface area contributed by atoms with Gasteiger partial charge in [-0.2, -0.15) is 0 Å². The van der Waals surface area contributed by atoms with Gasteiger partial charge in [-0.1, -0.05) is 0 Å². The number of hydrogen-bond acceptors (Lipinski definition) is 4. The van der Waals surface area contributed by atoms with Crippen LogP contribution in [0.15, 0.2) is 9.98 Å². The maximum absolute atomic E-state index is 4.75. The fraction of sp³-hybridized carbons (Fsp3) is 0.900. The molecule has 4 nitrogen and oxygen atoms in total. The number of nitrogens with zero attached hydrogens (tertiary/aromatic N) is 2. The Morgan fingerprint density at radius 3 is 0.958 bits per heavy atom. The standard InChI is InChI=1S/C20H42N4/c1-17(2,3)21-13-15(23-19(7,8)9)16(24-20(10,11)12)14-22-18(4,5)6/h13-16,23-24H,1-12H3. The van der Waals surface area contributed by atoms with Crippen molar-refractivity contribution < 1.29 is 0 Å². The first-order valence-corrected chi connectivity index (χ1v) is 9.04. The van der Waals surface area contributed by atoms with Crippen LogP contribution in [0.1, 0.15) is 83.1 Å². The third-order valence-electron chi connectivity index (χ3n) is 2.83. The molecular formula is C20H42N4. The van der Waals surface area contributed by atoms with Crippen LogP contribution < -0.4 is 10.6 Å². The monoisotopic (exact) mass is 338 g/mol. The van der Waals surface area contributed by atoms with Crippen molar-refractivity contribution in [1.29, 1.82) is 0 Å². The predicted molar refractivity (Wildman–Crippen MR) is 110 cm³/mol. The lowest BCUT2D eigenvalue weighted by Gasteiger charge is -2.35. The molecule has 0 amide bonds. The van der Waals surface area contributed by atoms with Crippen molar-refractivity contribution in [3.63, 3.8) is 0 Å². The van der Waals surface area contributed by atoms with Crippen LogP contribution in [0.4, 0.5) is 0 Å². The van der Waals surface area contributed by atoms with Crippen LogP contribution in [0.2, 0.25) is 0 Å². The van der Waals surface area contributed by atoms with Gasteiger partial charge in [-0.25, -0.2) is 0 Å². The molecule has 0 saturated carbocycles. The molecule has 0 aliphatic heterocycles. The molecule has 2 atom stereocenters. The molecule has 4 heteroatoms. The summed E-state index contributed by atoms with van der Waals surface area (Å²) in [6.07, 6.45) is 4.09. The molecule has 0 aromatic heterocycles. The second-order valence-electron chi connectivity index (χ2n) is 10.7. The first-order valence-electron chi connectivity index (χ1n) is 9.04. The zero-order valence-corrected chi connectivity index (χ0v) is 18.2. The van der Waals surface area contributed by atoms with E-state index in [0.717, 1.165) is 0 Å². The third-order valence-corrected chi connectivity index (χ3v) is 2.83. The summed E-state index contributed by atoms with van der Waals surface area (Å²) >= 11 is 0. The summed E-state index contributed by atoms with van der Waals surface area (Å²) in [6, 6.07) is 0.129. The van der Waals surface area contributed by atoms with Crippen molar-refractivity contribution >= 4 is 12.4 Å². The summed E-state index contributed by atoms with van der Waals surface area (Å²) in [4.78, 5) is 9.49. The fourth-order valence-corrected chi connectivity index (χ4v) is 2.05. The molecule has 0 aromatic rings. The summed E-state index contributed by atoms with van der Waals surface area (Å²) in [5, 5.41) is 7.37. The first-order chi connectivity index (χ1) is 10.4. The minimum atomic E-state index is -0.0920. The van der Waals surface area contributed by atoms with E-state index >= 15 is 0 Å². The van der Waals surface area contributed by atoms with Crippen LogP contribution in [0, 0.1) is 0 Å². The zero-order chi connectivity index (χ0) is 19.4. The van der Waals surface area contributed by atoms with Crippen LogP contribution in [0.5, 0.6) is 0 Å². The molecule has 2 unspecified atom stereocenters. The summed E-state index contributed by atoms with van der Waals surface area (Å²) in [5.41, 5.74) is -0.208. The van der Waals surface area contributed by atoms with Crippen molar-refractivity contribution in [3.8, 4) is 0 Å². The van der Waals surface area contributed by atoms with Gasteiger partial charge in [0.1, 0.15) is 0 Å². The van der Waals surface area contributed by atoms with Gasteiger partial charge in [-0.3, -0.25) is 9.98 Å². The van der Waals surface area contributed by atoms with E-state index in [1.54, 1.807) is 0 Å². The fourth-order valence-electron chi connectivity index (χ4n) is 2.05. The molecule has 0 aliphatic carbocycles. The zero-order valence-electron chi connectivity index (χ0n) is 18.2. The van der Waals surface area contributed by atoms with Crippen molar-refractivity contribution in [3.05, 3.63) is 0 Å². The highest BCUT2D eigenvalue weighted by Gasteiger charge is 2.27. The molecule has 0 saturated heterocycles. The Morgan fingerprint density at radius 1 is 0.542 bits per heavy atom. The molecule has 0 rings (SSSR count). The molecule has 0 fully saturated rings. The smallest absolute Gasteiger partial charge is 0.0631 e. The maximum atomic E-state index is 4.75. The molecule has 2 N–H and O–H groups in total. The van der Waals surface area contributed by atoms with Gasteiger partial charge in [0, 0.05) is 23.5 Å². The number of nitrogens with one attached hydrogen (secondary N) is 2. The SMILES string of the molecule is CC(C)(C)N=CC(NC(C)(C)C)C(C=NC(C)(C)C)NC(C)(C)C. The molecule has 0 spiro atoms. The Hall–Kier alpha value is -0.740. The third kappa shape index (κ3) is 13.7. The molecular weight excluding hydrogens is 296 g/mol. The summed E-state index contributed by atoms with van der Waals surface area (Å²) in [7, 11) is 0. The van der Waals surface area contributed by atoms with Gasteiger partial charge in [-0.15, -0.1) is 0 Å². The van der Waals surface area contributed by atoms with E-state index in [2.05, 4.69) is 93.7 Å². The Labute approximate surface area is 151 Å². The topological polar surface area (TPSA) is 48.8 Å². The van der Waals surface area contributed by atoms with Gasteiger partial charge < -0.3 is 10.6 Å². The van der Waals surface area contributed by atoms with Gasteiger partial charge in [0.25, 0.3) is 0 Å². The van der Waals surface area contributed by atoms with E-state index in [1.807, 2.05) is 12.4 Å². The van der Waals surface area contributed by atoms with Gasteiger partial charge in [0.15, 0.2) is 0 Å². The number of hydrogen-bond donors (Lipinski definition) is 2. The largest absolute Gasteiger partial charge is 0.303 e. The lowest BCUT2D eigenvalue weighted by atomic mass is 9.99. The van der Waals surface area contributed by atoms with E-state index in [-0.39, 0.29) is 34.2 Å². The molecule has 0 bridgehead atoms. The second kappa shape index (κ2) is 8.09. The van der Waals surface area contributed by atoms with E-state index in [9.17, 15) is 0 Å². The van der Waals surface area contributed by atoms with Crippen molar-refractivity contribution in [2.75, 3.05) is 0 Å². The van der Waals surface area contributed by atoms with E-state index < -0.39 is 0 Å². The normalized spacial score (nSPS) is 17.7. The minimum Gasteiger partial charge on any atom is -0.303 e. The van der Waals surface area contributed by atoms with Gasteiger partial charge in [0.2, 0.25) is 0 Å². The lowest BCUT2D eigenvalue weighted by Crippen LogP contribution is -2.59. The molecule has 0 heterocycles. The Kier molecular flexibility index (Phi) is 7.84. The van der Waals surface area contributed by atoms with Crippen molar-refractivity contribution in [1.82, 2.24) is 10.6 Å². The average Bonchev–Trinajstić information content (AvgIpc) is 2.25. The maximum Gasteiger partial charge on any atom is 0.0631 e. The number of rotatable bonds is 5. The summed E-state index contributed by atoms with van der Waals surface area (Å²) < 4.78 is 0. The van der Waals surface area contributed by atoms with Gasteiger partial charge in [-0.05, 0) is 83.1 Å². The van der Waals surface area contributed by atoms with Crippen LogP contribution in [-0.4, -0.2) is 46.7 Å². The Bertz CT molecular complexity index is 381. The molecule has 0 radical (unpaired) electrons. The van der Waals surface area contributed by atoms with Gasteiger partial charge >= 0.3 is 0 Å². The second-order valence-corrected chi connectivity index (χ2v) is 10.7. The molecule has 24 heavy (non-hydrogen) atoms.